The zero-order chi connectivity index (χ0) is 13.2. The van der Waals surface area contributed by atoms with Crippen molar-refractivity contribution in [2.24, 2.45) is 0 Å². The molecule has 1 aromatic rings. The quantitative estimate of drug-likeness (QED) is 0.853. The summed E-state index contributed by atoms with van der Waals surface area (Å²) in [5.74, 6) is 0. The molecule has 1 saturated heterocycles. The monoisotopic (exact) mass is 268 g/mol. The topological polar surface area (TPSA) is 58.2 Å². The second-order valence-corrected chi connectivity index (χ2v) is 7.27. The van der Waals surface area contributed by atoms with Crippen LogP contribution >= 0.6 is 0 Å². The molecule has 18 heavy (non-hydrogen) atoms. The Morgan fingerprint density at radius 2 is 2.00 bits per heavy atom. The fourth-order valence-electron chi connectivity index (χ4n) is 2.14. The number of hydrogen-bond donors (Lipinski definition) is 2. The maximum absolute atomic E-state index is 11.3. The summed E-state index contributed by atoms with van der Waals surface area (Å²) in [7, 11) is -3.09. The molecule has 0 radical (unpaired) electrons. The van der Waals surface area contributed by atoms with Gasteiger partial charge in [0.25, 0.3) is 0 Å². The van der Waals surface area contributed by atoms with E-state index in [0.717, 1.165) is 31.6 Å². The standard InChI is InChI=1S/C13H20N2O2S/c1-13(7-8-14-10-13)15-9-11-3-5-12(6-4-11)18(2,16)17/h3-6,14-15H,7-10H2,1-2H3. The zero-order valence-electron chi connectivity index (χ0n) is 10.9. The van der Waals surface area contributed by atoms with Gasteiger partial charge in [-0.05, 0) is 37.6 Å². The highest BCUT2D eigenvalue weighted by molar-refractivity contribution is 7.90. The van der Waals surface area contributed by atoms with Crippen LogP contribution in [0.25, 0.3) is 0 Å². The van der Waals surface area contributed by atoms with E-state index in [9.17, 15) is 8.42 Å². The summed E-state index contributed by atoms with van der Waals surface area (Å²) in [4.78, 5) is 0.375. The second-order valence-electron chi connectivity index (χ2n) is 5.26. The van der Waals surface area contributed by atoms with E-state index in [0.29, 0.717) is 4.90 Å². The summed E-state index contributed by atoms with van der Waals surface area (Å²) in [5, 5.41) is 6.86. The fraction of sp³-hybridized carbons (Fsp3) is 0.538. The highest BCUT2D eigenvalue weighted by atomic mass is 32.2. The molecule has 2 rings (SSSR count). The van der Waals surface area contributed by atoms with Gasteiger partial charge in [0.15, 0.2) is 9.84 Å². The number of sulfone groups is 1. The highest BCUT2D eigenvalue weighted by Crippen LogP contribution is 2.15. The van der Waals surface area contributed by atoms with Crippen LogP contribution in [0, 0.1) is 0 Å². The normalized spacial score (nSPS) is 24.3. The second kappa shape index (κ2) is 4.99. The average Bonchev–Trinajstić information content (AvgIpc) is 2.74. The molecular weight excluding hydrogens is 248 g/mol. The number of benzene rings is 1. The van der Waals surface area contributed by atoms with Crippen molar-refractivity contribution >= 4 is 9.84 Å². The minimum atomic E-state index is -3.09. The van der Waals surface area contributed by atoms with Crippen LogP contribution in [0.4, 0.5) is 0 Å². The first-order valence-electron chi connectivity index (χ1n) is 6.14. The van der Waals surface area contributed by atoms with E-state index in [1.165, 1.54) is 6.26 Å². The largest absolute Gasteiger partial charge is 0.315 e. The van der Waals surface area contributed by atoms with Crippen molar-refractivity contribution < 1.29 is 8.42 Å². The van der Waals surface area contributed by atoms with Crippen LogP contribution in [0.15, 0.2) is 29.2 Å². The van der Waals surface area contributed by atoms with Crippen molar-refractivity contribution in [1.29, 1.82) is 0 Å². The first kappa shape index (κ1) is 13.5. The molecule has 1 fully saturated rings. The Morgan fingerprint density at radius 1 is 1.33 bits per heavy atom. The Labute approximate surface area is 109 Å². The fourth-order valence-corrected chi connectivity index (χ4v) is 2.77. The van der Waals surface area contributed by atoms with Crippen LogP contribution in [0.5, 0.6) is 0 Å². The van der Waals surface area contributed by atoms with Gasteiger partial charge in [-0.3, -0.25) is 0 Å². The Kier molecular flexibility index (Phi) is 3.75. The number of hydrogen-bond acceptors (Lipinski definition) is 4. The molecule has 1 unspecified atom stereocenters. The van der Waals surface area contributed by atoms with Gasteiger partial charge in [-0.15, -0.1) is 0 Å². The minimum Gasteiger partial charge on any atom is -0.315 e. The van der Waals surface area contributed by atoms with Crippen molar-refractivity contribution in [3.05, 3.63) is 29.8 Å². The van der Waals surface area contributed by atoms with Crippen LogP contribution in [-0.2, 0) is 16.4 Å². The van der Waals surface area contributed by atoms with Gasteiger partial charge < -0.3 is 10.6 Å². The first-order chi connectivity index (χ1) is 8.39. The maximum atomic E-state index is 11.3. The van der Waals surface area contributed by atoms with E-state index in [1.807, 2.05) is 12.1 Å². The molecule has 0 amide bonds. The van der Waals surface area contributed by atoms with Gasteiger partial charge >= 0.3 is 0 Å². The Morgan fingerprint density at radius 3 is 2.50 bits per heavy atom. The summed E-state index contributed by atoms with van der Waals surface area (Å²) in [6.45, 7) is 5.00. The first-order valence-corrected chi connectivity index (χ1v) is 8.03. The third-order valence-corrected chi connectivity index (χ3v) is 4.57. The number of nitrogens with one attached hydrogen (secondary N) is 2. The van der Waals surface area contributed by atoms with E-state index in [1.54, 1.807) is 12.1 Å². The lowest BCUT2D eigenvalue weighted by molar-refractivity contribution is 0.385. The average molecular weight is 268 g/mol. The molecule has 1 aromatic carbocycles. The summed E-state index contributed by atoms with van der Waals surface area (Å²) >= 11 is 0. The lowest BCUT2D eigenvalue weighted by Gasteiger charge is -2.24. The Bertz CT molecular complexity index is 502. The summed E-state index contributed by atoms with van der Waals surface area (Å²) in [6, 6.07) is 7.08. The molecule has 5 heteroatoms. The molecule has 0 saturated carbocycles. The Balaban J connectivity index is 1.98. The van der Waals surface area contributed by atoms with Crippen molar-refractivity contribution in [2.75, 3.05) is 19.3 Å². The number of rotatable bonds is 4. The Hall–Kier alpha value is -0.910. The van der Waals surface area contributed by atoms with E-state index in [-0.39, 0.29) is 5.54 Å². The molecule has 4 nitrogen and oxygen atoms in total. The van der Waals surface area contributed by atoms with Gasteiger partial charge in [0.05, 0.1) is 4.90 Å². The van der Waals surface area contributed by atoms with Crippen molar-refractivity contribution in [1.82, 2.24) is 10.6 Å². The van der Waals surface area contributed by atoms with Gasteiger partial charge in [-0.1, -0.05) is 12.1 Å². The molecular formula is C13H20N2O2S. The lowest BCUT2D eigenvalue weighted by Crippen LogP contribution is -2.43. The third-order valence-electron chi connectivity index (χ3n) is 3.44. The van der Waals surface area contributed by atoms with E-state index in [4.69, 9.17) is 0 Å². The van der Waals surface area contributed by atoms with Crippen molar-refractivity contribution in [2.45, 2.75) is 30.3 Å². The zero-order valence-corrected chi connectivity index (χ0v) is 11.7. The molecule has 0 bridgehead atoms. The maximum Gasteiger partial charge on any atom is 0.175 e. The lowest BCUT2D eigenvalue weighted by atomic mass is 10.0. The van der Waals surface area contributed by atoms with E-state index >= 15 is 0 Å². The molecule has 0 aromatic heterocycles. The molecule has 1 heterocycles. The molecule has 1 aliphatic rings. The predicted molar refractivity (Wildman–Crippen MR) is 72.3 cm³/mol. The third kappa shape index (κ3) is 3.31. The van der Waals surface area contributed by atoms with Crippen LogP contribution in [0.3, 0.4) is 0 Å². The predicted octanol–water partition coefficient (Wildman–Crippen LogP) is 0.932. The molecule has 100 valence electrons. The van der Waals surface area contributed by atoms with Crippen molar-refractivity contribution in [3.8, 4) is 0 Å². The SMILES string of the molecule is CC1(NCc2ccc(S(C)(=O)=O)cc2)CCNC1. The van der Waals surface area contributed by atoms with Crippen molar-refractivity contribution in [3.63, 3.8) is 0 Å². The summed E-state index contributed by atoms with van der Waals surface area (Å²) in [5.41, 5.74) is 1.26. The van der Waals surface area contributed by atoms with Gasteiger partial charge in [-0.2, -0.15) is 0 Å². The van der Waals surface area contributed by atoms with Gasteiger partial charge in [0.2, 0.25) is 0 Å². The van der Waals surface area contributed by atoms with Crippen LogP contribution in [0.1, 0.15) is 18.9 Å². The van der Waals surface area contributed by atoms with Gasteiger partial charge in [-0.25, -0.2) is 8.42 Å². The molecule has 0 aliphatic carbocycles. The molecule has 1 atom stereocenters. The highest BCUT2D eigenvalue weighted by Gasteiger charge is 2.27. The van der Waals surface area contributed by atoms with E-state index < -0.39 is 9.84 Å². The van der Waals surface area contributed by atoms with Gasteiger partial charge in [0.1, 0.15) is 0 Å². The minimum absolute atomic E-state index is 0.148. The molecule has 1 aliphatic heterocycles. The van der Waals surface area contributed by atoms with Crippen LogP contribution < -0.4 is 10.6 Å². The van der Waals surface area contributed by atoms with Gasteiger partial charge in [0, 0.05) is 24.9 Å². The smallest absolute Gasteiger partial charge is 0.175 e. The van der Waals surface area contributed by atoms with E-state index in [2.05, 4.69) is 17.6 Å². The summed E-state index contributed by atoms with van der Waals surface area (Å²) < 4.78 is 22.7. The molecule has 0 spiro atoms. The summed E-state index contributed by atoms with van der Waals surface area (Å²) in [6.07, 6.45) is 2.35. The van der Waals surface area contributed by atoms with Crippen LogP contribution in [-0.4, -0.2) is 33.3 Å². The molecule has 2 N–H and O–H groups in total. The van der Waals surface area contributed by atoms with Crippen LogP contribution in [0.2, 0.25) is 0 Å².